The Morgan fingerprint density at radius 1 is 1.00 bits per heavy atom. The Balaban J connectivity index is 1.29. The zero-order valence-corrected chi connectivity index (χ0v) is 16.4. The van der Waals surface area contributed by atoms with E-state index in [2.05, 4.69) is 23.1 Å². The average molecular weight is 387 g/mol. The van der Waals surface area contributed by atoms with Gasteiger partial charge >= 0.3 is 0 Å². The van der Waals surface area contributed by atoms with Gasteiger partial charge in [0.05, 0.1) is 16.5 Å². The number of benzene rings is 2. The van der Waals surface area contributed by atoms with E-state index in [0.29, 0.717) is 5.75 Å². The lowest BCUT2D eigenvalue weighted by Crippen LogP contribution is -2.49. The largest absolute Gasteiger partial charge is 0.367 e. The summed E-state index contributed by atoms with van der Waals surface area (Å²) < 4.78 is 0. The number of carbonyl (C=O) groups is 1. The number of fused-ring (bicyclic) bond motifs is 1. The average Bonchev–Trinajstić information content (AvgIpc) is 3.14. The molecule has 1 saturated heterocycles. The van der Waals surface area contributed by atoms with E-state index < -0.39 is 0 Å². The molecule has 0 bridgehead atoms. The van der Waals surface area contributed by atoms with Crippen molar-refractivity contribution in [2.45, 2.75) is 24.2 Å². The summed E-state index contributed by atoms with van der Waals surface area (Å²) in [6, 6.07) is 14.6. The zero-order valence-electron chi connectivity index (χ0n) is 14.8. The molecule has 26 heavy (non-hydrogen) atoms. The van der Waals surface area contributed by atoms with Crippen molar-refractivity contribution in [3.8, 4) is 0 Å². The number of para-hydroxylation sites is 1. The van der Waals surface area contributed by atoms with Gasteiger partial charge in [0, 0.05) is 31.1 Å². The van der Waals surface area contributed by atoms with Crippen molar-refractivity contribution in [2.24, 2.45) is 0 Å². The Labute approximate surface area is 164 Å². The molecular formula is C21H23ClN2OS. The lowest BCUT2D eigenvalue weighted by Gasteiger charge is -2.36. The predicted octanol–water partition coefficient (Wildman–Crippen LogP) is 4.27. The second kappa shape index (κ2) is 7.93. The van der Waals surface area contributed by atoms with E-state index in [1.165, 1.54) is 35.3 Å². The minimum atomic E-state index is 0.231. The molecule has 5 heteroatoms. The Morgan fingerprint density at radius 2 is 1.77 bits per heavy atom. The second-order valence-corrected chi connectivity index (χ2v) is 8.35. The van der Waals surface area contributed by atoms with E-state index in [1.54, 1.807) is 11.8 Å². The first-order valence-corrected chi connectivity index (χ1v) is 10.6. The molecule has 0 saturated carbocycles. The van der Waals surface area contributed by atoms with Crippen LogP contribution in [0.4, 0.5) is 5.69 Å². The van der Waals surface area contributed by atoms with Crippen LogP contribution in [0.5, 0.6) is 0 Å². The van der Waals surface area contributed by atoms with E-state index in [1.807, 2.05) is 29.2 Å². The van der Waals surface area contributed by atoms with Crippen LogP contribution in [0.3, 0.4) is 0 Å². The fraction of sp³-hybridized carbons (Fsp3) is 0.381. The number of carbonyl (C=O) groups excluding carboxylic acids is 1. The van der Waals surface area contributed by atoms with E-state index in [4.69, 9.17) is 11.6 Å². The molecule has 1 aliphatic carbocycles. The summed E-state index contributed by atoms with van der Waals surface area (Å²) >= 11 is 7.95. The third-order valence-corrected chi connectivity index (χ3v) is 6.56. The van der Waals surface area contributed by atoms with E-state index in [9.17, 15) is 4.79 Å². The monoisotopic (exact) mass is 386 g/mol. The van der Waals surface area contributed by atoms with Gasteiger partial charge in [0.25, 0.3) is 0 Å². The molecule has 0 aromatic heterocycles. The smallest absolute Gasteiger partial charge is 0.233 e. The molecule has 0 atom stereocenters. The van der Waals surface area contributed by atoms with Crippen LogP contribution in [0.15, 0.2) is 47.4 Å². The van der Waals surface area contributed by atoms with Crippen molar-refractivity contribution >= 4 is 35.0 Å². The molecule has 0 N–H and O–H groups in total. The van der Waals surface area contributed by atoms with Gasteiger partial charge in [-0.1, -0.05) is 29.8 Å². The second-order valence-electron chi connectivity index (χ2n) is 6.89. The van der Waals surface area contributed by atoms with Crippen LogP contribution in [0.25, 0.3) is 0 Å². The molecule has 136 valence electrons. The third-order valence-electron chi connectivity index (χ3n) is 5.26. The van der Waals surface area contributed by atoms with Gasteiger partial charge in [0.15, 0.2) is 0 Å². The Hall–Kier alpha value is -1.65. The number of halogens is 1. The minimum absolute atomic E-state index is 0.231. The van der Waals surface area contributed by atoms with Crippen LogP contribution in [0.1, 0.15) is 17.5 Å². The molecule has 1 heterocycles. The molecule has 0 radical (unpaired) electrons. The summed E-state index contributed by atoms with van der Waals surface area (Å²) in [4.78, 5) is 18.0. The summed E-state index contributed by atoms with van der Waals surface area (Å²) in [6.45, 7) is 3.18. The van der Waals surface area contributed by atoms with E-state index in [0.717, 1.165) is 36.9 Å². The third kappa shape index (κ3) is 3.86. The maximum absolute atomic E-state index is 12.6. The van der Waals surface area contributed by atoms with Gasteiger partial charge in [-0.05, 0) is 54.7 Å². The number of hydrogen-bond acceptors (Lipinski definition) is 3. The maximum Gasteiger partial charge on any atom is 0.233 e. The fourth-order valence-corrected chi connectivity index (χ4v) is 4.90. The Morgan fingerprint density at radius 3 is 2.58 bits per heavy atom. The summed E-state index contributed by atoms with van der Waals surface area (Å²) in [5, 5.41) is 0.777. The number of rotatable bonds is 4. The lowest BCUT2D eigenvalue weighted by molar-refractivity contribution is -0.128. The molecular weight excluding hydrogens is 364 g/mol. The van der Waals surface area contributed by atoms with Crippen LogP contribution >= 0.6 is 23.4 Å². The normalized spacial score (nSPS) is 16.7. The highest BCUT2D eigenvalue weighted by Crippen LogP contribution is 2.28. The van der Waals surface area contributed by atoms with Crippen LogP contribution in [0.2, 0.25) is 5.02 Å². The van der Waals surface area contributed by atoms with Gasteiger partial charge in [0.1, 0.15) is 0 Å². The van der Waals surface area contributed by atoms with Crippen LogP contribution < -0.4 is 4.90 Å². The molecule has 3 nitrogen and oxygen atoms in total. The quantitative estimate of drug-likeness (QED) is 0.733. The molecule has 4 rings (SSSR count). The predicted molar refractivity (Wildman–Crippen MR) is 109 cm³/mol. The molecule has 1 fully saturated rings. The summed E-state index contributed by atoms with van der Waals surface area (Å²) in [5.74, 6) is 0.750. The number of thioether (sulfide) groups is 1. The van der Waals surface area contributed by atoms with Crippen molar-refractivity contribution in [3.63, 3.8) is 0 Å². The summed E-state index contributed by atoms with van der Waals surface area (Å²) in [7, 11) is 0. The zero-order chi connectivity index (χ0) is 17.9. The number of anilines is 1. The molecule has 2 aromatic rings. The highest BCUT2D eigenvalue weighted by atomic mass is 35.5. The van der Waals surface area contributed by atoms with Gasteiger partial charge < -0.3 is 9.80 Å². The molecule has 1 aliphatic heterocycles. The number of aryl methyl sites for hydroxylation is 2. The number of amides is 1. The first-order chi connectivity index (χ1) is 12.7. The van der Waals surface area contributed by atoms with Crippen molar-refractivity contribution in [3.05, 3.63) is 58.6 Å². The van der Waals surface area contributed by atoms with Crippen molar-refractivity contribution in [1.82, 2.24) is 4.90 Å². The van der Waals surface area contributed by atoms with E-state index in [-0.39, 0.29) is 5.91 Å². The van der Waals surface area contributed by atoms with Crippen molar-refractivity contribution in [2.75, 3.05) is 36.8 Å². The topological polar surface area (TPSA) is 23.6 Å². The summed E-state index contributed by atoms with van der Waals surface area (Å²) in [5.41, 5.74) is 4.01. The van der Waals surface area contributed by atoms with Gasteiger partial charge in [-0.2, -0.15) is 0 Å². The number of piperazine rings is 1. The Kier molecular flexibility index (Phi) is 5.41. The summed E-state index contributed by atoms with van der Waals surface area (Å²) in [6.07, 6.45) is 3.65. The fourth-order valence-electron chi connectivity index (χ4n) is 3.78. The van der Waals surface area contributed by atoms with Gasteiger partial charge in [0.2, 0.25) is 5.91 Å². The molecule has 2 aliphatic rings. The van der Waals surface area contributed by atoms with Gasteiger partial charge in [-0.25, -0.2) is 0 Å². The van der Waals surface area contributed by atoms with Crippen LogP contribution in [-0.4, -0.2) is 42.7 Å². The lowest BCUT2D eigenvalue weighted by atomic mass is 10.1. The number of hydrogen-bond donors (Lipinski definition) is 0. The number of nitrogens with zero attached hydrogens (tertiary/aromatic N) is 2. The molecule has 0 spiro atoms. The molecule has 2 aromatic carbocycles. The molecule has 1 amide bonds. The highest BCUT2D eigenvalue weighted by Gasteiger charge is 2.22. The van der Waals surface area contributed by atoms with Crippen LogP contribution in [-0.2, 0) is 17.6 Å². The highest BCUT2D eigenvalue weighted by molar-refractivity contribution is 8.00. The van der Waals surface area contributed by atoms with E-state index >= 15 is 0 Å². The first kappa shape index (κ1) is 17.7. The van der Waals surface area contributed by atoms with Gasteiger partial charge in [-0.3, -0.25) is 4.79 Å². The first-order valence-electron chi connectivity index (χ1n) is 9.22. The minimum Gasteiger partial charge on any atom is -0.367 e. The maximum atomic E-state index is 12.6. The molecule has 0 unspecified atom stereocenters. The van der Waals surface area contributed by atoms with Crippen molar-refractivity contribution in [1.29, 1.82) is 0 Å². The van der Waals surface area contributed by atoms with Crippen LogP contribution in [0, 0.1) is 0 Å². The Bertz CT molecular complexity index is 802. The van der Waals surface area contributed by atoms with Gasteiger partial charge in [-0.15, -0.1) is 11.8 Å². The SMILES string of the molecule is O=C(CSc1ccc2c(c1)CCC2)N1CCN(c2ccccc2Cl)CC1. The standard InChI is InChI=1S/C21H23ClN2OS/c22-19-6-1-2-7-20(19)23-10-12-24(13-11-23)21(25)15-26-18-9-8-16-4-3-5-17(16)14-18/h1-2,6-9,14H,3-5,10-13,15H2. The van der Waals surface area contributed by atoms with Crippen molar-refractivity contribution < 1.29 is 4.79 Å².